The Bertz CT molecular complexity index is 643. The summed E-state index contributed by atoms with van der Waals surface area (Å²) in [6.07, 6.45) is 1.45. The number of primary amides is 1. The van der Waals surface area contributed by atoms with E-state index >= 15 is 0 Å². The SMILES string of the molecule is Cc1ccc(Nc2ncc(N)cc2C(N)=O)cc1Cl. The minimum Gasteiger partial charge on any atom is -0.397 e. The van der Waals surface area contributed by atoms with E-state index in [-0.39, 0.29) is 5.56 Å². The summed E-state index contributed by atoms with van der Waals surface area (Å²) in [5, 5.41) is 3.62. The number of hydrogen-bond donors (Lipinski definition) is 3. The fraction of sp³-hybridized carbons (Fsp3) is 0.0769. The molecule has 2 aromatic rings. The molecule has 0 radical (unpaired) electrons. The van der Waals surface area contributed by atoms with Gasteiger partial charge < -0.3 is 16.8 Å². The van der Waals surface area contributed by atoms with E-state index in [1.807, 2.05) is 19.1 Å². The number of nitrogens with two attached hydrogens (primary N) is 2. The van der Waals surface area contributed by atoms with E-state index in [9.17, 15) is 4.79 Å². The first-order valence-corrected chi connectivity index (χ1v) is 5.93. The highest BCUT2D eigenvalue weighted by atomic mass is 35.5. The van der Waals surface area contributed by atoms with E-state index in [1.54, 1.807) is 6.07 Å². The zero-order valence-electron chi connectivity index (χ0n) is 10.3. The second-order valence-electron chi connectivity index (χ2n) is 4.12. The number of rotatable bonds is 3. The van der Waals surface area contributed by atoms with Crippen LogP contribution in [0.15, 0.2) is 30.5 Å². The van der Waals surface area contributed by atoms with Crippen molar-refractivity contribution in [2.45, 2.75) is 6.92 Å². The minimum atomic E-state index is -0.597. The van der Waals surface area contributed by atoms with Crippen LogP contribution in [0, 0.1) is 6.92 Å². The lowest BCUT2D eigenvalue weighted by molar-refractivity contribution is 0.100. The summed E-state index contributed by atoms with van der Waals surface area (Å²) in [7, 11) is 0. The van der Waals surface area contributed by atoms with Crippen molar-refractivity contribution in [3.63, 3.8) is 0 Å². The molecule has 0 aliphatic rings. The maximum absolute atomic E-state index is 11.3. The smallest absolute Gasteiger partial charge is 0.252 e. The van der Waals surface area contributed by atoms with Gasteiger partial charge in [-0.1, -0.05) is 17.7 Å². The monoisotopic (exact) mass is 276 g/mol. The number of pyridine rings is 1. The summed E-state index contributed by atoms with van der Waals surface area (Å²) < 4.78 is 0. The maximum atomic E-state index is 11.3. The van der Waals surface area contributed by atoms with Crippen molar-refractivity contribution in [3.05, 3.63) is 46.6 Å². The van der Waals surface area contributed by atoms with Gasteiger partial charge in [0.15, 0.2) is 0 Å². The highest BCUT2D eigenvalue weighted by molar-refractivity contribution is 6.31. The predicted molar refractivity (Wildman–Crippen MR) is 76.6 cm³/mol. The molecule has 0 saturated carbocycles. The molecule has 6 heteroatoms. The number of aryl methyl sites for hydroxylation is 1. The average Bonchev–Trinajstić information content (AvgIpc) is 2.36. The standard InChI is InChI=1S/C13H13ClN4O/c1-7-2-3-9(5-11(7)14)18-13-10(12(16)19)4-8(15)6-17-13/h2-6H,15H2,1H3,(H2,16,19)(H,17,18). The van der Waals surface area contributed by atoms with Gasteiger partial charge in [0.25, 0.3) is 5.91 Å². The van der Waals surface area contributed by atoms with Gasteiger partial charge in [0, 0.05) is 10.7 Å². The van der Waals surface area contributed by atoms with Crippen molar-refractivity contribution in [1.82, 2.24) is 4.98 Å². The molecule has 1 heterocycles. The van der Waals surface area contributed by atoms with E-state index in [0.717, 1.165) is 11.3 Å². The molecule has 5 nitrogen and oxygen atoms in total. The number of nitrogen functional groups attached to an aromatic ring is 1. The number of halogens is 1. The van der Waals surface area contributed by atoms with Crippen molar-refractivity contribution < 1.29 is 4.79 Å². The van der Waals surface area contributed by atoms with Gasteiger partial charge in [-0.15, -0.1) is 0 Å². The van der Waals surface area contributed by atoms with Gasteiger partial charge in [-0.05, 0) is 30.7 Å². The zero-order chi connectivity index (χ0) is 14.0. The molecule has 5 N–H and O–H groups in total. The van der Waals surface area contributed by atoms with E-state index in [4.69, 9.17) is 23.1 Å². The first kappa shape index (κ1) is 13.2. The largest absolute Gasteiger partial charge is 0.397 e. The molecule has 0 atom stereocenters. The highest BCUT2D eigenvalue weighted by Gasteiger charge is 2.10. The van der Waals surface area contributed by atoms with Gasteiger partial charge in [-0.2, -0.15) is 0 Å². The first-order chi connectivity index (χ1) is 8.97. The van der Waals surface area contributed by atoms with Crippen LogP contribution in [0.2, 0.25) is 5.02 Å². The molecule has 0 saturated heterocycles. The molecule has 0 fully saturated rings. The number of hydrogen-bond acceptors (Lipinski definition) is 4. The van der Waals surface area contributed by atoms with Crippen LogP contribution >= 0.6 is 11.6 Å². The van der Waals surface area contributed by atoms with Crippen molar-refractivity contribution in [2.75, 3.05) is 11.1 Å². The summed E-state index contributed by atoms with van der Waals surface area (Å²) in [4.78, 5) is 15.4. The lowest BCUT2D eigenvalue weighted by Gasteiger charge is -2.10. The molecular formula is C13H13ClN4O. The van der Waals surface area contributed by atoms with Crippen molar-refractivity contribution in [2.24, 2.45) is 5.73 Å². The van der Waals surface area contributed by atoms with Crippen LogP contribution in [-0.4, -0.2) is 10.9 Å². The molecule has 0 spiro atoms. The molecule has 1 aromatic heterocycles. The topological polar surface area (TPSA) is 94.0 Å². The van der Waals surface area contributed by atoms with Gasteiger partial charge >= 0.3 is 0 Å². The molecule has 0 unspecified atom stereocenters. The molecule has 0 bridgehead atoms. The number of amides is 1. The predicted octanol–water partition coefficient (Wildman–Crippen LogP) is 2.47. The Morgan fingerprint density at radius 1 is 1.37 bits per heavy atom. The van der Waals surface area contributed by atoms with Gasteiger partial charge in [0.1, 0.15) is 5.82 Å². The molecule has 19 heavy (non-hydrogen) atoms. The molecule has 0 aliphatic heterocycles. The quantitative estimate of drug-likeness (QED) is 0.803. The van der Waals surface area contributed by atoms with Gasteiger partial charge in [0.05, 0.1) is 17.4 Å². The zero-order valence-corrected chi connectivity index (χ0v) is 11.0. The van der Waals surface area contributed by atoms with Crippen LogP contribution in [0.4, 0.5) is 17.2 Å². The lowest BCUT2D eigenvalue weighted by atomic mass is 10.2. The molecule has 1 aromatic carbocycles. The number of carbonyl (C=O) groups excluding carboxylic acids is 1. The lowest BCUT2D eigenvalue weighted by Crippen LogP contribution is -2.14. The fourth-order valence-electron chi connectivity index (χ4n) is 1.58. The van der Waals surface area contributed by atoms with Gasteiger partial charge in [-0.25, -0.2) is 4.98 Å². The van der Waals surface area contributed by atoms with E-state index in [2.05, 4.69) is 10.3 Å². The van der Waals surface area contributed by atoms with E-state index in [1.165, 1.54) is 12.3 Å². The third-order valence-electron chi connectivity index (χ3n) is 2.61. The molecule has 98 valence electrons. The molecule has 2 rings (SSSR count). The highest BCUT2D eigenvalue weighted by Crippen LogP contribution is 2.24. The minimum absolute atomic E-state index is 0.233. The van der Waals surface area contributed by atoms with Crippen molar-refractivity contribution in [3.8, 4) is 0 Å². The Morgan fingerprint density at radius 3 is 2.74 bits per heavy atom. The molecule has 1 amide bonds. The van der Waals surface area contributed by atoms with Gasteiger partial charge in [-0.3, -0.25) is 4.79 Å². The number of benzene rings is 1. The summed E-state index contributed by atoms with van der Waals surface area (Å²) >= 11 is 6.04. The molecule has 0 aliphatic carbocycles. The van der Waals surface area contributed by atoms with Crippen LogP contribution in [0.5, 0.6) is 0 Å². The third kappa shape index (κ3) is 2.95. The van der Waals surface area contributed by atoms with Crippen molar-refractivity contribution >= 4 is 34.7 Å². The number of carbonyl (C=O) groups is 1. The average molecular weight is 277 g/mol. The Kier molecular flexibility index (Phi) is 3.57. The first-order valence-electron chi connectivity index (χ1n) is 5.56. The summed E-state index contributed by atoms with van der Waals surface area (Å²) in [5.74, 6) is -0.248. The van der Waals surface area contributed by atoms with Crippen LogP contribution in [0.25, 0.3) is 0 Å². The second-order valence-corrected chi connectivity index (χ2v) is 4.53. The van der Waals surface area contributed by atoms with Crippen LogP contribution < -0.4 is 16.8 Å². The van der Waals surface area contributed by atoms with E-state index in [0.29, 0.717) is 16.5 Å². The number of aromatic nitrogens is 1. The van der Waals surface area contributed by atoms with Crippen molar-refractivity contribution in [1.29, 1.82) is 0 Å². The molecular weight excluding hydrogens is 264 g/mol. The number of nitrogens with one attached hydrogen (secondary N) is 1. The fourth-order valence-corrected chi connectivity index (χ4v) is 1.76. The Morgan fingerprint density at radius 2 is 2.11 bits per heavy atom. The summed E-state index contributed by atoms with van der Waals surface area (Å²) in [6.45, 7) is 1.91. The third-order valence-corrected chi connectivity index (χ3v) is 3.02. The van der Waals surface area contributed by atoms with Crippen LogP contribution in [0.1, 0.15) is 15.9 Å². The second kappa shape index (κ2) is 5.16. The summed E-state index contributed by atoms with van der Waals surface area (Å²) in [5.41, 5.74) is 13.2. The summed E-state index contributed by atoms with van der Waals surface area (Å²) in [6, 6.07) is 6.93. The number of nitrogens with zero attached hydrogens (tertiary/aromatic N) is 1. The van der Waals surface area contributed by atoms with Gasteiger partial charge in [0.2, 0.25) is 0 Å². The van der Waals surface area contributed by atoms with E-state index < -0.39 is 5.91 Å². The maximum Gasteiger partial charge on any atom is 0.252 e. The Balaban J connectivity index is 2.37. The van der Waals surface area contributed by atoms with Crippen LogP contribution in [0.3, 0.4) is 0 Å². The normalized spacial score (nSPS) is 10.2. The Hall–Kier alpha value is -2.27. The Labute approximate surface area is 115 Å². The van der Waals surface area contributed by atoms with Crippen LogP contribution in [-0.2, 0) is 0 Å². The number of anilines is 3.